The van der Waals surface area contributed by atoms with Crippen LogP contribution in [0.1, 0.15) is 0 Å². The summed E-state index contributed by atoms with van der Waals surface area (Å²) in [6.45, 7) is 0. The number of benzene rings is 2. The van der Waals surface area contributed by atoms with Gasteiger partial charge in [-0.2, -0.15) is 0 Å². The molecule has 0 aromatic heterocycles. The van der Waals surface area contributed by atoms with Gasteiger partial charge in [-0.15, -0.1) is 0 Å². The summed E-state index contributed by atoms with van der Waals surface area (Å²) in [6, 6.07) is 14.5. The Labute approximate surface area is 98.2 Å². The van der Waals surface area contributed by atoms with Gasteiger partial charge < -0.3 is 4.74 Å². The Bertz CT molecular complexity index is 451. The van der Waals surface area contributed by atoms with Gasteiger partial charge >= 0.3 is 0 Å². The first-order valence-corrected chi connectivity index (χ1v) is 5.19. The van der Waals surface area contributed by atoms with Crippen molar-refractivity contribution in [2.45, 2.75) is 0 Å². The third kappa shape index (κ3) is 2.65. The van der Waals surface area contributed by atoms with Crippen LogP contribution in [0, 0.1) is 0 Å². The molecule has 2 rings (SSSR count). The third-order valence-electron chi connectivity index (χ3n) is 1.88. The molecule has 0 fully saturated rings. The molecule has 2 aromatic rings. The molecular formula is C12H8Cl2O. The smallest absolute Gasteiger partial charge is 0.146 e. The van der Waals surface area contributed by atoms with Crippen molar-refractivity contribution in [2.75, 3.05) is 0 Å². The molecule has 0 N–H and O–H groups in total. The number of ether oxygens (including phenoxy) is 1. The van der Waals surface area contributed by atoms with E-state index < -0.39 is 0 Å². The van der Waals surface area contributed by atoms with E-state index in [1.54, 1.807) is 30.3 Å². The molecule has 0 aliphatic carbocycles. The third-order valence-corrected chi connectivity index (χ3v) is 2.44. The van der Waals surface area contributed by atoms with Gasteiger partial charge in [0.1, 0.15) is 11.5 Å². The van der Waals surface area contributed by atoms with Gasteiger partial charge in [-0.3, -0.25) is 0 Å². The molecule has 3 heteroatoms. The highest BCUT2D eigenvalue weighted by Gasteiger charge is 2.01. The van der Waals surface area contributed by atoms with Gasteiger partial charge in [0.05, 0.1) is 5.02 Å². The molecule has 0 heterocycles. The lowest BCUT2D eigenvalue weighted by molar-refractivity contribution is 0.483. The van der Waals surface area contributed by atoms with Gasteiger partial charge in [-0.25, -0.2) is 0 Å². The average Bonchev–Trinajstić information content (AvgIpc) is 2.25. The predicted molar refractivity (Wildman–Crippen MR) is 63.0 cm³/mol. The Morgan fingerprint density at radius 2 is 1.47 bits per heavy atom. The molecule has 15 heavy (non-hydrogen) atoms. The first-order chi connectivity index (χ1) is 7.25. The molecule has 0 saturated carbocycles. The zero-order valence-electron chi connectivity index (χ0n) is 7.78. The van der Waals surface area contributed by atoms with Crippen LogP contribution >= 0.6 is 23.2 Å². The second-order valence-corrected chi connectivity index (χ2v) is 3.83. The van der Waals surface area contributed by atoms with Crippen LogP contribution in [-0.4, -0.2) is 0 Å². The maximum Gasteiger partial charge on any atom is 0.146 e. The molecule has 0 spiro atoms. The normalized spacial score (nSPS) is 10.0. The van der Waals surface area contributed by atoms with Crippen molar-refractivity contribution in [2.24, 2.45) is 0 Å². The van der Waals surface area contributed by atoms with E-state index in [1.807, 2.05) is 18.2 Å². The van der Waals surface area contributed by atoms with Crippen LogP contribution in [0.15, 0.2) is 48.5 Å². The summed E-state index contributed by atoms with van der Waals surface area (Å²) in [5.41, 5.74) is 0. The zero-order chi connectivity index (χ0) is 10.7. The summed E-state index contributed by atoms with van der Waals surface area (Å²) in [6.07, 6.45) is 0. The predicted octanol–water partition coefficient (Wildman–Crippen LogP) is 4.79. The van der Waals surface area contributed by atoms with Crippen molar-refractivity contribution in [1.29, 1.82) is 0 Å². The summed E-state index contributed by atoms with van der Waals surface area (Å²) >= 11 is 11.7. The van der Waals surface area contributed by atoms with Crippen LogP contribution in [0.4, 0.5) is 0 Å². The van der Waals surface area contributed by atoms with E-state index in [0.29, 0.717) is 21.5 Å². The van der Waals surface area contributed by atoms with Crippen LogP contribution in [0.2, 0.25) is 10.0 Å². The molecule has 0 atom stereocenters. The lowest BCUT2D eigenvalue weighted by atomic mass is 10.3. The Morgan fingerprint density at radius 3 is 2.13 bits per heavy atom. The van der Waals surface area contributed by atoms with E-state index in [9.17, 15) is 0 Å². The lowest BCUT2D eigenvalue weighted by Gasteiger charge is -2.06. The Balaban J connectivity index is 2.22. The van der Waals surface area contributed by atoms with Crippen LogP contribution in [0.5, 0.6) is 11.5 Å². The fourth-order valence-corrected chi connectivity index (χ4v) is 1.46. The maximum absolute atomic E-state index is 5.95. The van der Waals surface area contributed by atoms with E-state index in [0.717, 1.165) is 0 Å². The molecule has 0 bridgehead atoms. The molecule has 76 valence electrons. The maximum atomic E-state index is 5.95. The minimum Gasteiger partial charge on any atom is -0.456 e. The van der Waals surface area contributed by atoms with Crippen LogP contribution in [0.25, 0.3) is 0 Å². The first-order valence-electron chi connectivity index (χ1n) is 4.43. The monoisotopic (exact) mass is 238 g/mol. The van der Waals surface area contributed by atoms with E-state index in [-0.39, 0.29) is 0 Å². The molecule has 2 aromatic carbocycles. The highest BCUT2D eigenvalue weighted by atomic mass is 35.5. The van der Waals surface area contributed by atoms with Gasteiger partial charge in [0.15, 0.2) is 0 Å². The highest BCUT2D eigenvalue weighted by molar-refractivity contribution is 6.32. The number of hydrogen-bond donors (Lipinski definition) is 0. The van der Waals surface area contributed by atoms with E-state index in [4.69, 9.17) is 27.9 Å². The number of para-hydroxylation sites is 1. The van der Waals surface area contributed by atoms with Crippen molar-refractivity contribution in [3.63, 3.8) is 0 Å². The number of rotatable bonds is 2. The molecule has 0 saturated heterocycles. The Morgan fingerprint density at radius 1 is 0.800 bits per heavy atom. The van der Waals surface area contributed by atoms with E-state index in [1.165, 1.54) is 0 Å². The van der Waals surface area contributed by atoms with Crippen LogP contribution < -0.4 is 4.74 Å². The summed E-state index contributed by atoms with van der Waals surface area (Å²) in [5.74, 6) is 1.36. The van der Waals surface area contributed by atoms with E-state index in [2.05, 4.69) is 0 Å². The zero-order valence-corrected chi connectivity index (χ0v) is 9.29. The average molecular weight is 239 g/mol. The van der Waals surface area contributed by atoms with Gasteiger partial charge in [0.25, 0.3) is 0 Å². The molecular weight excluding hydrogens is 231 g/mol. The largest absolute Gasteiger partial charge is 0.456 e. The standard InChI is InChI=1S/C12H8Cl2O/c13-9-5-7-10(8-6-9)15-12-4-2-1-3-11(12)14/h1-8H. The number of hydrogen-bond acceptors (Lipinski definition) is 1. The molecule has 0 aliphatic heterocycles. The van der Waals surface area contributed by atoms with Gasteiger partial charge in [0.2, 0.25) is 0 Å². The Hall–Kier alpha value is -1.18. The first kappa shape index (κ1) is 10.3. The van der Waals surface area contributed by atoms with Crippen LogP contribution in [0.3, 0.4) is 0 Å². The SMILES string of the molecule is Clc1ccc(Oc2ccccc2Cl)cc1. The van der Waals surface area contributed by atoms with Gasteiger partial charge in [-0.1, -0.05) is 35.3 Å². The second-order valence-electron chi connectivity index (χ2n) is 2.99. The summed E-state index contributed by atoms with van der Waals surface area (Å²) in [5, 5.41) is 1.27. The van der Waals surface area contributed by atoms with Crippen molar-refractivity contribution in [1.82, 2.24) is 0 Å². The van der Waals surface area contributed by atoms with Crippen LogP contribution in [-0.2, 0) is 0 Å². The summed E-state index contributed by atoms with van der Waals surface area (Å²) < 4.78 is 5.57. The summed E-state index contributed by atoms with van der Waals surface area (Å²) in [7, 11) is 0. The minimum atomic E-state index is 0.590. The lowest BCUT2D eigenvalue weighted by Crippen LogP contribution is -1.84. The van der Waals surface area contributed by atoms with Crippen molar-refractivity contribution in [3.05, 3.63) is 58.6 Å². The van der Waals surface area contributed by atoms with E-state index >= 15 is 0 Å². The second kappa shape index (κ2) is 4.56. The van der Waals surface area contributed by atoms with Gasteiger partial charge in [0, 0.05) is 5.02 Å². The van der Waals surface area contributed by atoms with Crippen molar-refractivity contribution < 1.29 is 4.74 Å². The molecule has 0 aliphatic rings. The topological polar surface area (TPSA) is 9.23 Å². The Kier molecular flexibility index (Phi) is 3.14. The fourth-order valence-electron chi connectivity index (χ4n) is 1.16. The summed E-state index contributed by atoms with van der Waals surface area (Å²) in [4.78, 5) is 0. The molecule has 1 nitrogen and oxygen atoms in total. The minimum absolute atomic E-state index is 0.590. The number of halogens is 2. The molecule has 0 unspecified atom stereocenters. The van der Waals surface area contributed by atoms with Crippen molar-refractivity contribution >= 4 is 23.2 Å². The molecule has 0 radical (unpaired) electrons. The van der Waals surface area contributed by atoms with Gasteiger partial charge in [-0.05, 0) is 36.4 Å². The quantitative estimate of drug-likeness (QED) is 0.732. The molecule has 0 amide bonds. The highest BCUT2D eigenvalue weighted by Crippen LogP contribution is 2.29. The van der Waals surface area contributed by atoms with Crippen molar-refractivity contribution in [3.8, 4) is 11.5 Å². The fraction of sp³-hybridized carbons (Fsp3) is 0.